The van der Waals surface area contributed by atoms with E-state index in [9.17, 15) is 4.79 Å². The van der Waals surface area contributed by atoms with Gasteiger partial charge in [-0.25, -0.2) is 0 Å². The molecule has 3 atom stereocenters. The normalized spacial score (nSPS) is 34.3. The fourth-order valence-electron chi connectivity index (χ4n) is 4.12. The van der Waals surface area contributed by atoms with Crippen molar-refractivity contribution in [3.05, 3.63) is 0 Å². The summed E-state index contributed by atoms with van der Waals surface area (Å²) < 4.78 is 4.91. The van der Waals surface area contributed by atoms with Crippen LogP contribution in [0.25, 0.3) is 0 Å². The van der Waals surface area contributed by atoms with Crippen molar-refractivity contribution in [2.24, 2.45) is 5.73 Å². The Balaban J connectivity index is 1.95. The lowest BCUT2D eigenvalue weighted by molar-refractivity contribution is -0.149. The number of methoxy groups -OCH3 is 1. The van der Waals surface area contributed by atoms with E-state index in [4.69, 9.17) is 10.5 Å². The van der Waals surface area contributed by atoms with Gasteiger partial charge < -0.3 is 10.5 Å². The first-order valence-corrected chi connectivity index (χ1v) is 8.39. The van der Waals surface area contributed by atoms with Crippen LogP contribution in [0.15, 0.2) is 0 Å². The number of rotatable bonds is 5. The van der Waals surface area contributed by atoms with Gasteiger partial charge >= 0.3 is 5.97 Å². The molecule has 1 aliphatic carbocycles. The molecule has 1 aliphatic heterocycles. The van der Waals surface area contributed by atoms with Crippen LogP contribution in [0.4, 0.5) is 0 Å². The molecule has 21 heavy (non-hydrogen) atoms. The van der Waals surface area contributed by atoms with E-state index in [2.05, 4.69) is 23.6 Å². The molecule has 0 spiro atoms. The molecular weight excluding hydrogens is 266 g/mol. The van der Waals surface area contributed by atoms with E-state index >= 15 is 0 Å². The Kier molecular flexibility index (Phi) is 5.63. The van der Waals surface area contributed by atoms with E-state index in [0.717, 1.165) is 51.9 Å². The molecule has 2 fully saturated rings. The van der Waals surface area contributed by atoms with E-state index < -0.39 is 5.54 Å². The highest BCUT2D eigenvalue weighted by Gasteiger charge is 2.43. The second kappa shape index (κ2) is 7.07. The molecule has 0 aromatic carbocycles. The fraction of sp³-hybridized carbons (Fsp3) is 0.938. The summed E-state index contributed by atoms with van der Waals surface area (Å²) in [4.78, 5) is 17.0. The van der Waals surface area contributed by atoms with Gasteiger partial charge in [-0.2, -0.15) is 0 Å². The number of nitrogens with zero attached hydrogens (tertiary/aromatic N) is 2. The molecule has 0 bridgehead atoms. The Morgan fingerprint density at radius 1 is 1.38 bits per heavy atom. The fourth-order valence-corrected chi connectivity index (χ4v) is 4.12. The number of likely N-dealkylation sites (N-methyl/N-ethyl adjacent to an activating group) is 1. The number of esters is 1. The molecule has 1 heterocycles. The van der Waals surface area contributed by atoms with Crippen molar-refractivity contribution in [3.8, 4) is 0 Å². The summed E-state index contributed by atoms with van der Waals surface area (Å²) >= 11 is 0. The maximum absolute atomic E-state index is 11.9. The highest BCUT2D eigenvalue weighted by atomic mass is 16.5. The van der Waals surface area contributed by atoms with Crippen LogP contribution in [0.2, 0.25) is 0 Å². The lowest BCUT2D eigenvalue weighted by atomic mass is 9.79. The second-order valence-electron chi connectivity index (χ2n) is 6.56. The van der Waals surface area contributed by atoms with E-state index in [1.807, 2.05) is 0 Å². The van der Waals surface area contributed by atoms with Gasteiger partial charge in [0, 0.05) is 25.2 Å². The number of hydrogen-bond acceptors (Lipinski definition) is 5. The summed E-state index contributed by atoms with van der Waals surface area (Å²) in [5.41, 5.74) is 5.53. The van der Waals surface area contributed by atoms with Crippen LogP contribution >= 0.6 is 0 Å². The minimum absolute atomic E-state index is 0.244. The molecule has 2 aliphatic rings. The van der Waals surface area contributed by atoms with Crippen molar-refractivity contribution in [2.45, 2.75) is 63.6 Å². The Labute approximate surface area is 128 Å². The van der Waals surface area contributed by atoms with E-state index in [1.165, 1.54) is 13.5 Å². The molecule has 5 heteroatoms. The number of likely N-dealkylation sites (tertiary alicyclic amines) is 1. The van der Waals surface area contributed by atoms with Crippen LogP contribution in [0, 0.1) is 0 Å². The van der Waals surface area contributed by atoms with Crippen LogP contribution in [0.3, 0.4) is 0 Å². The lowest BCUT2D eigenvalue weighted by Gasteiger charge is -2.40. The highest BCUT2D eigenvalue weighted by molar-refractivity contribution is 5.80. The van der Waals surface area contributed by atoms with Crippen molar-refractivity contribution in [3.63, 3.8) is 0 Å². The molecule has 2 N–H and O–H groups in total. The molecule has 1 saturated heterocycles. The summed E-state index contributed by atoms with van der Waals surface area (Å²) in [6.45, 7) is 8.93. The van der Waals surface area contributed by atoms with Crippen molar-refractivity contribution in [1.29, 1.82) is 0 Å². The Morgan fingerprint density at radius 2 is 2.10 bits per heavy atom. The topological polar surface area (TPSA) is 58.8 Å². The summed E-state index contributed by atoms with van der Waals surface area (Å²) in [7, 11) is 1.44. The van der Waals surface area contributed by atoms with Crippen LogP contribution in [0.1, 0.15) is 46.0 Å². The molecule has 5 nitrogen and oxygen atoms in total. The number of hydrogen-bond donors (Lipinski definition) is 1. The highest BCUT2D eigenvalue weighted by Crippen LogP contribution is 2.32. The predicted octanol–water partition coefficient (Wildman–Crippen LogP) is 1.22. The van der Waals surface area contributed by atoms with Crippen molar-refractivity contribution < 1.29 is 9.53 Å². The molecule has 0 aromatic heterocycles. The predicted molar refractivity (Wildman–Crippen MR) is 84.1 cm³/mol. The number of ether oxygens (including phenoxy) is 1. The minimum Gasteiger partial charge on any atom is -0.468 e. The van der Waals surface area contributed by atoms with Gasteiger partial charge in [0.1, 0.15) is 5.54 Å². The second-order valence-corrected chi connectivity index (χ2v) is 6.56. The van der Waals surface area contributed by atoms with Gasteiger partial charge in [-0.15, -0.1) is 0 Å². The maximum Gasteiger partial charge on any atom is 0.325 e. The van der Waals surface area contributed by atoms with Gasteiger partial charge in [-0.05, 0) is 45.2 Å². The summed E-state index contributed by atoms with van der Waals surface area (Å²) in [6.07, 6.45) is 4.89. The third-order valence-corrected chi connectivity index (χ3v) is 5.39. The quantitative estimate of drug-likeness (QED) is 0.773. The Bertz CT molecular complexity index is 359. The first-order chi connectivity index (χ1) is 10.0. The van der Waals surface area contributed by atoms with Crippen molar-refractivity contribution in [1.82, 2.24) is 9.80 Å². The first kappa shape index (κ1) is 16.7. The molecule has 3 unspecified atom stereocenters. The number of carbonyl (C=O) groups is 1. The molecule has 2 rings (SSSR count). The number of nitrogens with two attached hydrogens (primary N) is 1. The Hall–Kier alpha value is -0.650. The largest absolute Gasteiger partial charge is 0.468 e. The smallest absolute Gasteiger partial charge is 0.325 e. The van der Waals surface area contributed by atoms with Crippen LogP contribution in [-0.4, -0.2) is 66.7 Å². The molecule has 0 aromatic rings. The zero-order valence-electron chi connectivity index (χ0n) is 13.8. The average Bonchev–Trinajstić information content (AvgIpc) is 2.97. The minimum atomic E-state index is -0.773. The van der Waals surface area contributed by atoms with E-state index in [1.54, 1.807) is 0 Å². The van der Waals surface area contributed by atoms with Crippen molar-refractivity contribution >= 4 is 5.97 Å². The lowest BCUT2D eigenvalue weighted by Crippen LogP contribution is -2.56. The van der Waals surface area contributed by atoms with Crippen LogP contribution < -0.4 is 5.73 Å². The van der Waals surface area contributed by atoms with Crippen LogP contribution in [-0.2, 0) is 9.53 Å². The zero-order chi connectivity index (χ0) is 15.5. The standard InChI is InChI=1S/C16H31N3O2/c1-4-18(5-2)14-8-10-19(12-14)13-7-6-9-16(17,11-13)15(20)21-3/h13-14H,4-12,17H2,1-3H3. The van der Waals surface area contributed by atoms with Gasteiger partial charge in [0.05, 0.1) is 7.11 Å². The molecular formula is C16H31N3O2. The third kappa shape index (κ3) is 3.58. The van der Waals surface area contributed by atoms with Crippen LogP contribution in [0.5, 0.6) is 0 Å². The summed E-state index contributed by atoms with van der Waals surface area (Å²) in [5, 5.41) is 0. The molecule has 122 valence electrons. The van der Waals surface area contributed by atoms with E-state index in [-0.39, 0.29) is 5.97 Å². The summed E-state index contributed by atoms with van der Waals surface area (Å²) in [5.74, 6) is -0.244. The van der Waals surface area contributed by atoms with Gasteiger partial charge in [-0.1, -0.05) is 13.8 Å². The maximum atomic E-state index is 11.9. The molecule has 0 amide bonds. The zero-order valence-corrected chi connectivity index (χ0v) is 13.8. The van der Waals surface area contributed by atoms with E-state index in [0.29, 0.717) is 12.1 Å². The van der Waals surface area contributed by atoms with Gasteiger partial charge in [0.2, 0.25) is 0 Å². The average molecular weight is 297 g/mol. The SMILES string of the molecule is CCN(CC)C1CCN(C2CCCC(N)(C(=O)OC)C2)C1. The first-order valence-electron chi connectivity index (χ1n) is 8.39. The van der Waals surface area contributed by atoms with Gasteiger partial charge in [0.15, 0.2) is 0 Å². The third-order valence-electron chi connectivity index (χ3n) is 5.39. The summed E-state index contributed by atoms with van der Waals surface area (Å²) in [6, 6.07) is 1.09. The van der Waals surface area contributed by atoms with Gasteiger partial charge in [-0.3, -0.25) is 14.6 Å². The Morgan fingerprint density at radius 3 is 2.71 bits per heavy atom. The monoisotopic (exact) mass is 297 g/mol. The van der Waals surface area contributed by atoms with Gasteiger partial charge in [0.25, 0.3) is 0 Å². The van der Waals surface area contributed by atoms with Crippen molar-refractivity contribution in [2.75, 3.05) is 33.3 Å². The molecule has 0 radical (unpaired) electrons. The molecule has 1 saturated carbocycles. The number of carbonyl (C=O) groups excluding carboxylic acids is 1.